The molecule has 0 aliphatic carbocycles. The average Bonchev–Trinajstić information content (AvgIpc) is 2.46. The predicted octanol–water partition coefficient (Wildman–Crippen LogP) is 3.69. The third-order valence-corrected chi connectivity index (χ3v) is 4.90. The largest absolute Gasteiger partial charge is 0.334 e. The molecule has 2 atom stereocenters. The molecule has 1 aliphatic heterocycles. The van der Waals surface area contributed by atoms with Crippen molar-refractivity contribution in [1.82, 2.24) is 4.90 Å². The molecule has 1 amide bonds. The number of rotatable bonds is 3. The summed E-state index contributed by atoms with van der Waals surface area (Å²) in [7, 11) is 0. The maximum Gasteiger partial charge on any atom is 0.255 e. The smallest absolute Gasteiger partial charge is 0.255 e. The minimum atomic E-state index is -0.00694. The van der Waals surface area contributed by atoms with E-state index < -0.39 is 0 Å². The Kier molecular flexibility index (Phi) is 5.47. The molecule has 1 fully saturated rings. The molecule has 3 nitrogen and oxygen atoms in total. The van der Waals surface area contributed by atoms with Crippen LogP contribution in [0.5, 0.6) is 0 Å². The lowest BCUT2D eigenvalue weighted by Gasteiger charge is -2.39. The first-order chi connectivity index (χ1) is 9.56. The average molecular weight is 360 g/mol. The van der Waals surface area contributed by atoms with Gasteiger partial charge in [0, 0.05) is 23.6 Å². The summed E-state index contributed by atoms with van der Waals surface area (Å²) < 4.78 is 0.874. The monoisotopic (exact) mass is 358 g/mol. The summed E-state index contributed by atoms with van der Waals surface area (Å²) in [6.45, 7) is 3.48. The summed E-state index contributed by atoms with van der Waals surface area (Å²) in [5.74, 6) is 0.667. The highest BCUT2D eigenvalue weighted by Gasteiger charge is 2.31. The van der Waals surface area contributed by atoms with Crippen LogP contribution in [-0.4, -0.2) is 29.9 Å². The standard InChI is InChI=1S/C15H20BrClN2O/c1-2-10-5-6-19(12(7-10)9-18)15(20)13-4-3-11(16)8-14(13)17/h3-4,8,10,12H,2,5-7,9,18H2,1H3. The van der Waals surface area contributed by atoms with E-state index in [-0.39, 0.29) is 11.9 Å². The van der Waals surface area contributed by atoms with Crippen LogP contribution in [0.4, 0.5) is 0 Å². The van der Waals surface area contributed by atoms with Gasteiger partial charge in [-0.1, -0.05) is 40.9 Å². The van der Waals surface area contributed by atoms with E-state index in [2.05, 4.69) is 22.9 Å². The van der Waals surface area contributed by atoms with Gasteiger partial charge in [0.05, 0.1) is 10.6 Å². The van der Waals surface area contributed by atoms with Crippen molar-refractivity contribution < 1.29 is 4.79 Å². The summed E-state index contributed by atoms with van der Waals surface area (Å²) in [6.07, 6.45) is 3.19. The highest BCUT2D eigenvalue weighted by Crippen LogP contribution is 2.28. The lowest BCUT2D eigenvalue weighted by molar-refractivity contribution is 0.0559. The van der Waals surface area contributed by atoms with Crippen molar-refractivity contribution in [3.8, 4) is 0 Å². The molecule has 0 aromatic heterocycles. The summed E-state index contributed by atoms with van der Waals surface area (Å²) in [6, 6.07) is 5.50. The number of nitrogens with two attached hydrogens (primary N) is 1. The van der Waals surface area contributed by atoms with Gasteiger partial charge in [0.2, 0.25) is 0 Å². The number of halogens is 2. The first-order valence-electron chi connectivity index (χ1n) is 7.02. The number of piperidine rings is 1. The topological polar surface area (TPSA) is 46.3 Å². The highest BCUT2D eigenvalue weighted by molar-refractivity contribution is 9.10. The molecule has 20 heavy (non-hydrogen) atoms. The lowest BCUT2D eigenvalue weighted by atomic mass is 9.88. The van der Waals surface area contributed by atoms with E-state index in [4.69, 9.17) is 17.3 Å². The summed E-state index contributed by atoms with van der Waals surface area (Å²) in [4.78, 5) is 14.6. The second kappa shape index (κ2) is 6.92. The summed E-state index contributed by atoms with van der Waals surface area (Å²) in [5.41, 5.74) is 6.41. The molecule has 1 aromatic rings. The molecule has 1 saturated heterocycles. The van der Waals surface area contributed by atoms with Crippen molar-refractivity contribution in [2.75, 3.05) is 13.1 Å². The number of hydrogen-bond donors (Lipinski definition) is 1. The molecule has 2 rings (SSSR count). The minimum Gasteiger partial charge on any atom is -0.334 e. The second-order valence-corrected chi connectivity index (χ2v) is 6.63. The number of amides is 1. The zero-order valence-electron chi connectivity index (χ0n) is 11.6. The quantitative estimate of drug-likeness (QED) is 0.894. The van der Waals surface area contributed by atoms with Gasteiger partial charge in [0.15, 0.2) is 0 Å². The van der Waals surface area contributed by atoms with E-state index in [0.717, 1.165) is 30.3 Å². The SMILES string of the molecule is CCC1CCN(C(=O)c2ccc(Br)cc2Cl)C(CN)C1. The normalized spacial score (nSPS) is 22.9. The van der Waals surface area contributed by atoms with Crippen LogP contribution in [0, 0.1) is 5.92 Å². The molecule has 0 spiro atoms. The van der Waals surface area contributed by atoms with Gasteiger partial charge in [0.1, 0.15) is 0 Å². The van der Waals surface area contributed by atoms with E-state index in [1.807, 2.05) is 11.0 Å². The Balaban J connectivity index is 2.19. The maximum absolute atomic E-state index is 12.7. The van der Waals surface area contributed by atoms with Crippen molar-refractivity contribution >= 4 is 33.4 Å². The van der Waals surface area contributed by atoms with E-state index >= 15 is 0 Å². The van der Waals surface area contributed by atoms with Gasteiger partial charge in [0.25, 0.3) is 5.91 Å². The van der Waals surface area contributed by atoms with Gasteiger partial charge in [-0.2, -0.15) is 0 Å². The molecule has 1 heterocycles. The van der Waals surface area contributed by atoms with Crippen LogP contribution >= 0.6 is 27.5 Å². The number of benzene rings is 1. The molecule has 2 N–H and O–H groups in total. The molecular weight excluding hydrogens is 340 g/mol. The highest BCUT2D eigenvalue weighted by atomic mass is 79.9. The Labute approximate surface area is 133 Å². The molecule has 1 aliphatic rings. The van der Waals surface area contributed by atoms with Crippen LogP contribution < -0.4 is 5.73 Å². The van der Waals surface area contributed by atoms with E-state index in [1.165, 1.54) is 0 Å². The number of carbonyl (C=O) groups excluding carboxylic acids is 1. The first kappa shape index (κ1) is 15.8. The molecule has 0 saturated carbocycles. The summed E-state index contributed by atoms with van der Waals surface area (Å²) in [5, 5.41) is 0.484. The zero-order valence-corrected chi connectivity index (χ0v) is 14.0. The van der Waals surface area contributed by atoms with Crippen LogP contribution in [0.1, 0.15) is 36.5 Å². The van der Waals surface area contributed by atoms with Crippen LogP contribution in [0.3, 0.4) is 0 Å². The zero-order chi connectivity index (χ0) is 14.7. The Bertz CT molecular complexity index is 495. The Morgan fingerprint density at radius 1 is 1.55 bits per heavy atom. The van der Waals surface area contributed by atoms with Gasteiger partial charge < -0.3 is 10.6 Å². The Morgan fingerprint density at radius 3 is 2.90 bits per heavy atom. The molecule has 0 radical (unpaired) electrons. The van der Waals surface area contributed by atoms with E-state index in [1.54, 1.807) is 12.1 Å². The molecule has 2 unspecified atom stereocenters. The second-order valence-electron chi connectivity index (χ2n) is 5.31. The number of hydrogen-bond acceptors (Lipinski definition) is 2. The third kappa shape index (κ3) is 3.35. The molecule has 0 bridgehead atoms. The molecular formula is C15H20BrClN2O. The number of nitrogens with zero attached hydrogens (tertiary/aromatic N) is 1. The minimum absolute atomic E-state index is 0.00694. The molecule has 5 heteroatoms. The number of carbonyl (C=O) groups is 1. The van der Waals surface area contributed by atoms with E-state index in [0.29, 0.717) is 23.0 Å². The van der Waals surface area contributed by atoms with Gasteiger partial charge in [-0.25, -0.2) is 0 Å². The van der Waals surface area contributed by atoms with Gasteiger partial charge in [-0.3, -0.25) is 4.79 Å². The molecule has 110 valence electrons. The van der Waals surface area contributed by atoms with Crippen molar-refractivity contribution in [2.24, 2.45) is 11.7 Å². The van der Waals surface area contributed by atoms with Crippen LogP contribution in [0.2, 0.25) is 5.02 Å². The van der Waals surface area contributed by atoms with Crippen molar-refractivity contribution in [1.29, 1.82) is 0 Å². The van der Waals surface area contributed by atoms with Crippen molar-refractivity contribution in [3.05, 3.63) is 33.3 Å². The number of likely N-dealkylation sites (tertiary alicyclic amines) is 1. The first-order valence-corrected chi connectivity index (χ1v) is 8.20. The van der Waals surface area contributed by atoms with Crippen LogP contribution in [0.15, 0.2) is 22.7 Å². The van der Waals surface area contributed by atoms with Gasteiger partial charge in [-0.15, -0.1) is 0 Å². The van der Waals surface area contributed by atoms with Gasteiger partial charge >= 0.3 is 0 Å². The fraction of sp³-hybridized carbons (Fsp3) is 0.533. The van der Waals surface area contributed by atoms with Crippen LogP contribution in [0.25, 0.3) is 0 Å². The van der Waals surface area contributed by atoms with Crippen molar-refractivity contribution in [2.45, 2.75) is 32.2 Å². The summed E-state index contributed by atoms with van der Waals surface area (Å²) >= 11 is 9.54. The maximum atomic E-state index is 12.7. The third-order valence-electron chi connectivity index (χ3n) is 4.10. The van der Waals surface area contributed by atoms with E-state index in [9.17, 15) is 4.79 Å². The van der Waals surface area contributed by atoms with Crippen molar-refractivity contribution in [3.63, 3.8) is 0 Å². The predicted molar refractivity (Wildman–Crippen MR) is 86.0 cm³/mol. The van der Waals surface area contributed by atoms with Gasteiger partial charge in [-0.05, 0) is 37.0 Å². The van der Waals surface area contributed by atoms with Crippen LogP contribution in [-0.2, 0) is 0 Å². The fourth-order valence-electron chi connectivity index (χ4n) is 2.81. The fourth-order valence-corrected chi connectivity index (χ4v) is 3.57. The Hall–Kier alpha value is -0.580. The lowest BCUT2D eigenvalue weighted by Crippen LogP contribution is -2.49. The molecule has 1 aromatic carbocycles. The Morgan fingerprint density at radius 2 is 2.30 bits per heavy atom.